The van der Waals surface area contributed by atoms with Crippen molar-refractivity contribution in [3.05, 3.63) is 16.4 Å². The van der Waals surface area contributed by atoms with Gasteiger partial charge < -0.3 is 9.84 Å². The van der Waals surface area contributed by atoms with Crippen molar-refractivity contribution in [2.45, 2.75) is 0 Å². The molecule has 3 heteroatoms. The van der Waals surface area contributed by atoms with Crippen LogP contribution >= 0.6 is 11.9 Å². The van der Waals surface area contributed by atoms with Crippen molar-refractivity contribution in [1.82, 2.24) is 0 Å². The molecule has 0 fully saturated rings. The lowest BCUT2D eigenvalue weighted by Crippen LogP contribution is -2.97. The van der Waals surface area contributed by atoms with Gasteiger partial charge in [0.1, 0.15) is 0 Å². The monoisotopic (exact) mass is 102 g/mol. The minimum absolute atomic E-state index is 1.11. The van der Waals surface area contributed by atoms with E-state index in [2.05, 4.69) is 4.83 Å². The highest BCUT2D eigenvalue weighted by atomic mass is 32.2. The molecule has 0 aromatic carbocycles. The van der Waals surface area contributed by atoms with Crippen molar-refractivity contribution in [2.24, 2.45) is 0 Å². The number of quaternary nitrogens is 1. The van der Waals surface area contributed by atoms with Gasteiger partial charge in [-0.3, -0.25) is 0 Å². The van der Waals surface area contributed by atoms with E-state index in [4.69, 9.17) is 0 Å². The Morgan fingerprint density at radius 1 is 1.83 bits per heavy atom. The predicted octanol–water partition coefficient (Wildman–Crippen LogP) is -0.0772. The van der Waals surface area contributed by atoms with E-state index in [-0.39, 0.29) is 0 Å². The molecule has 0 spiro atoms. The van der Waals surface area contributed by atoms with E-state index in [0.29, 0.717) is 0 Å². The second-order valence-electron chi connectivity index (χ2n) is 1.14. The van der Waals surface area contributed by atoms with Gasteiger partial charge in [0.15, 0.2) is 0 Å². The van der Waals surface area contributed by atoms with Gasteiger partial charge in [0.2, 0.25) is 0 Å². The zero-order valence-corrected chi connectivity index (χ0v) is 4.33. The van der Waals surface area contributed by atoms with Crippen LogP contribution in [0.4, 0.5) is 0 Å². The molecule has 0 bridgehead atoms. The van der Waals surface area contributed by atoms with Gasteiger partial charge in [-0.25, -0.2) is 11.9 Å². The van der Waals surface area contributed by atoms with Gasteiger partial charge in [-0.05, 0) is 0 Å². The predicted molar refractivity (Wildman–Crippen MR) is 27.0 cm³/mol. The summed E-state index contributed by atoms with van der Waals surface area (Å²) in [6.07, 6.45) is 1.99. The molecule has 2 nitrogen and oxygen atoms in total. The summed E-state index contributed by atoms with van der Waals surface area (Å²) in [7, 11) is 1.98. The molecule has 0 saturated heterocycles. The van der Waals surface area contributed by atoms with Crippen molar-refractivity contribution >= 4 is 11.9 Å². The first-order valence-electron chi connectivity index (χ1n) is 1.76. The third-order valence-electron chi connectivity index (χ3n) is 0.567. The van der Waals surface area contributed by atoms with E-state index in [0.717, 1.165) is 5.01 Å². The maximum Gasteiger partial charge on any atom is 0.0899 e. The third kappa shape index (κ3) is 0.739. The molecule has 1 rings (SSSR count). The summed E-state index contributed by atoms with van der Waals surface area (Å²) in [4.78, 5) is 3.96. The molecular formula is C3H6N2S. The van der Waals surface area contributed by atoms with E-state index in [1.54, 1.807) is 0 Å². The van der Waals surface area contributed by atoms with Crippen molar-refractivity contribution in [1.29, 1.82) is 0 Å². The minimum atomic E-state index is 1.11. The Morgan fingerprint density at radius 2 is 2.67 bits per heavy atom. The van der Waals surface area contributed by atoms with Gasteiger partial charge in [-0.2, -0.15) is 0 Å². The summed E-state index contributed by atoms with van der Waals surface area (Å²) >= 11 is 1.49. The summed E-state index contributed by atoms with van der Waals surface area (Å²) in [6.45, 7) is 0. The Balaban J connectivity index is 2.38. The van der Waals surface area contributed by atoms with E-state index < -0.39 is 0 Å². The fraction of sp³-hybridized carbons (Fsp3) is 0.333. The van der Waals surface area contributed by atoms with Crippen LogP contribution in [0.5, 0.6) is 0 Å². The largest absolute Gasteiger partial charge is 0.389 e. The van der Waals surface area contributed by atoms with Crippen LogP contribution in [0.3, 0.4) is 0 Å². The van der Waals surface area contributed by atoms with Crippen molar-refractivity contribution in [3.8, 4) is 0 Å². The van der Waals surface area contributed by atoms with Crippen molar-refractivity contribution < 1.29 is 5.01 Å². The lowest BCUT2D eigenvalue weighted by atomic mass is 11.0. The summed E-state index contributed by atoms with van der Waals surface area (Å²) in [5.41, 5.74) is 0. The summed E-state index contributed by atoms with van der Waals surface area (Å²) < 4.78 is 0. The number of nitrogens with zero attached hydrogens (tertiary/aromatic N) is 1. The van der Waals surface area contributed by atoms with Crippen molar-refractivity contribution in [3.63, 3.8) is 0 Å². The highest BCUT2D eigenvalue weighted by molar-refractivity contribution is 8.04. The van der Waals surface area contributed by atoms with Gasteiger partial charge >= 0.3 is 0 Å². The molecule has 0 aromatic rings. The molecule has 0 radical (unpaired) electrons. The molecule has 1 unspecified atom stereocenters. The fourth-order valence-electron chi connectivity index (χ4n) is 0.273. The van der Waals surface area contributed by atoms with Gasteiger partial charge in [-0.15, -0.1) is 0 Å². The molecular weight excluding hydrogens is 96.1 g/mol. The van der Waals surface area contributed by atoms with Crippen LogP contribution in [0.2, 0.25) is 0 Å². The number of nitrogens with one attached hydrogen (secondary N) is 1. The molecule has 0 aliphatic carbocycles. The lowest BCUT2D eigenvalue weighted by Gasteiger charge is -2.12. The molecule has 0 saturated carbocycles. The highest BCUT2D eigenvalue weighted by Crippen LogP contribution is 2.07. The van der Waals surface area contributed by atoms with E-state index in [1.807, 2.05) is 18.7 Å². The molecule has 1 heterocycles. The van der Waals surface area contributed by atoms with Crippen LogP contribution in [0.25, 0.3) is 4.83 Å². The Morgan fingerprint density at radius 3 is 2.83 bits per heavy atom. The Hall–Kier alpha value is 0.01000. The zero-order chi connectivity index (χ0) is 4.41. The Kier molecular flexibility index (Phi) is 1.14. The molecule has 1 aliphatic rings. The van der Waals surface area contributed by atoms with Crippen LogP contribution in [0.1, 0.15) is 0 Å². The van der Waals surface area contributed by atoms with Crippen LogP contribution in [-0.2, 0) is 0 Å². The second kappa shape index (κ2) is 1.64. The third-order valence-corrected chi connectivity index (χ3v) is 1.22. The van der Waals surface area contributed by atoms with Gasteiger partial charge in [0.25, 0.3) is 0 Å². The smallest absolute Gasteiger partial charge is 0.0899 e. The molecule has 34 valence electrons. The van der Waals surface area contributed by atoms with E-state index in [9.17, 15) is 0 Å². The lowest BCUT2D eigenvalue weighted by molar-refractivity contribution is -0.771. The van der Waals surface area contributed by atoms with Crippen LogP contribution < -0.4 is 5.01 Å². The zero-order valence-electron chi connectivity index (χ0n) is 3.51. The fourth-order valence-corrected chi connectivity index (χ4v) is 0.819. The molecule has 1 aliphatic heterocycles. The minimum Gasteiger partial charge on any atom is -0.389 e. The Bertz CT molecular complexity index is 71.2. The maximum absolute atomic E-state index is 3.96. The number of hydrogen-bond acceptors (Lipinski definition) is 1. The average molecular weight is 102 g/mol. The molecule has 1 atom stereocenters. The highest BCUT2D eigenvalue weighted by Gasteiger charge is 1.84. The summed E-state index contributed by atoms with van der Waals surface area (Å²) in [5, 5.41) is 3.08. The van der Waals surface area contributed by atoms with Crippen LogP contribution in [0, 0.1) is 0 Å². The van der Waals surface area contributed by atoms with Gasteiger partial charge in [-0.1, -0.05) is 0 Å². The van der Waals surface area contributed by atoms with Crippen LogP contribution in [-0.4, -0.2) is 7.05 Å². The number of hydrogen-bond donors (Lipinski definition) is 1. The Labute approximate surface area is 41.3 Å². The number of rotatable bonds is 0. The summed E-state index contributed by atoms with van der Waals surface area (Å²) in [6, 6.07) is 0. The normalized spacial score (nSPS) is 31.8. The van der Waals surface area contributed by atoms with Gasteiger partial charge in [0, 0.05) is 5.41 Å². The molecule has 0 aromatic heterocycles. The molecule has 6 heavy (non-hydrogen) atoms. The van der Waals surface area contributed by atoms with E-state index in [1.165, 1.54) is 11.9 Å². The van der Waals surface area contributed by atoms with Gasteiger partial charge in [0.05, 0.1) is 13.2 Å². The van der Waals surface area contributed by atoms with E-state index >= 15 is 0 Å². The van der Waals surface area contributed by atoms with Crippen molar-refractivity contribution in [2.75, 3.05) is 7.05 Å². The molecule has 0 amide bonds. The first kappa shape index (κ1) is 4.18. The quantitative estimate of drug-likeness (QED) is 0.424. The topological polar surface area (TPSA) is 18.5 Å². The molecule has 1 N–H and O–H groups in total. The standard InChI is InChI=1S/C3H6N2S/c1-5-2-3-6-4-5/h2-3,5H,1H3. The maximum atomic E-state index is 3.96. The average Bonchev–Trinajstić information content (AvgIpc) is 1.86. The first-order chi connectivity index (χ1) is 2.89. The van der Waals surface area contributed by atoms with Crippen LogP contribution in [0.15, 0.2) is 11.6 Å². The summed E-state index contributed by atoms with van der Waals surface area (Å²) in [5.74, 6) is 0. The first-order valence-corrected chi connectivity index (χ1v) is 2.60. The SMILES string of the molecule is C[NH+]1C=CS[N-]1. The second-order valence-corrected chi connectivity index (χ2v) is 1.81.